The molecule has 0 aromatic rings. The van der Waals surface area contributed by atoms with Gasteiger partial charge in [0, 0.05) is 24.7 Å². The Morgan fingerprint density at radius 1 is 1.14 bits per heavy atom. The van der Waals surface area contributed by atoms with E-state index < -0.39 is 11.5 Å². The third kappa shape index (κ3) is 2.90. The average molecular weight is 405 g/mol. The molecule has 0 unspecified atom stereocenters. The van der Waals surface area contributed by atoms with Gasteiger partial charge in [0.05, 0.1) is 12.7 Å². The molecule has 0 heterocycles. The minimum absolute atomic E-state index is 0.0281. The van der Waals surface area contributed by atoms with Crippen LogP contribution in [0.4, 0.5) is 0 Å². The molecule has 0 saturated heterocycles. The van der Waals surface area contributed by atoms with Crippen LogP contribution in [0.2, 0.25) is 0 Å². The number of ether oxygens (including phenoxy) is 2. The molecule has 1 N–H and O–H groups in total. The van der Waals surface area contributed by atoms with Crippen molar-refractivity contribution in [3.05, 3.63) is 12.2 Å². The van der Waals surface area contributed by atoms with E-state index in [2.05, 4.69) is 20.4 Å². The van der Waals surface area contributed by atoms with Crippen molar-refractivity contribution in [2.24, 2.45) is 34.0 Å². The molecule has 0 aromatic carbocycles. The first-order valence-electron chi connectivity index (χ1n) is 11.2. The Morgan fingerprint density at radius 3 is 2.52 bits per heavy atom. The summed E-state index contributed by atoms with van der Waals surface area (Å²) >= 11 is 0. The summed E-state index contributed by atoms with van der Waals surface area (Å²) in [5.41, 5.74) is 0.401. The topological polar surface area (TPSA) is 72.8 Å². The zero-order chi connectivity index (χ0) is 21.2. The van der Waals surface area contributed by atoms with Gasteiger partial charge in [-0.25, -0.2) is 0 Å². The van der Waals surface area contributed by atoms with Gasteiger partial charge in [-0.05, 0) is 67.3 Å². The van der Waals surface area contributed by atoms with E-state index in [0.717, 1.165) is 50.5 Å². The minimum Gasteiger partial charge on any atom is -0.465 e. The van der Waals surface area contributed by atoms with Crippen molar-refractivity contribution < 1.29 is 24.2 Å². The first-order chi connectivity index (χ1) is 13.5. The van der Waals surface area contributed by atoms with E-state index in [9.17, 15) is 14.7 Å². The Kier molecular flexibility index (Phi) is 4.92. The van der Waals surface area contributed by atoms with Crippen LogP contribution in [0.25, 0.3) is 0 Å². The van der Waals surface area contributed by atoms with Crippen LogP contribution in [0.1, 0.15) is 72.6 Å². The molecule has 0 aromatic heterocycles. The van der Waals surface area contributed by atoms with E-state index in [4.69, 9.17) is 9.47 Å². The average Bonchev–Trinajstić information content (AvgIpc) is 2.83. The highest BCUT2D eigenvalue weighted by Crippen LogP contribution is 2.72. The highest BCUT2D eigenvalue weighted by atomic mass is 16.5. The highest BCUT2D eigenvalue weighted by Gasteiger charge is 2.71. The van der Waals surface area contributed by atoms with Crippen LogP contribution in [0.5, 0.6) is 0 Å². The number of carbonyl (C=O) groups is 2. The van der Waals surface area contributed by atoms with Crippen LogP contribution in [0.15, 0.2) is 12.2 Å². The normalized spacial score (nSPS) is 48.4. The maximum atomic E-state index is 12.1. The summed E-state index contributed by atoms with van der Waals surface area (Å²) in [4.78, 5) is 23.6. The van der Waals surface area contributed by atoms with Crippen molar-refractivity contribution in [1.82, 2.24) is 0 Å². The lowest BCUT2D eigenvalue weighted by Crippen LogP contribution is -2.65. The van der Waals surface area contributed by atoms with E-state index in [0.29, 0.717) is 12.5 Å². The van der Waals surface area contributed by atoms with Gasteiger partial charge >= 0.3 is 11.9 Å². The molecule has 8 atom stereocenters. The lowest BCUT2D eigenvalue weighted by Gasteiger charge is -2.66. The van der Waals surface area contributed by atoms with Crippen molar-refractivity contribution in [2.45, 2.75) is 84.8 Å². The predicted molar refractivity (Wildman–Crippen MR) is 109 cm³/mol. The molecule has 1 spiro atoms. The van der Waals surface area contributed by atoms with Crippen molar-refractivity contribution in [2.75, 3.05) is 6.61 Å². The van der Waals surface area contributed by atoms with Gasteiger partial charge in [-0.2, -0.15) is 0 Å². The molecule has 2 bridgehead atoms. The molecule has 5 nitrogen and oxygen atoms in total. The molecule has 5 heteroatoms. The summed E-state index contributed by atoms with van der Waals surface area (Å²) in [5.74, 6) is 0.359. The summed E-state index contributed by atoms with van der Waals surface area (Å²) < 4.78 is 11.5. The number of carbonyl (C=O) groups excluding carboxylic acids is 2. The zero-order valence-corrected chi connectivity index (χ0v) is 18.3. The number of esters is 2. The van der Waals surface area contributed by atoms with E-state index in [1.54, 1.807) is 0 Å². The third-order valence-electron chi connectivity index (χ3n) is 9.30. The maximum Gasteiger partial charge on any atom is 0.302 e. The summed E-state index contributed by atoms with van der Waals surface area (Å²) in [7, 11) is 0. The lowest BCUT2D eigenvalue weighted by molar-refractivity contribution is -0.236. The van der Waals surface area contributed by atoms with E-state index in [1.165, 1.54) is 13.8 Å². The van der Waals surface area contributed by atoms with Crippen LogP contribution >= 0.6 is 0 Å². The summed E-state index contributed by atoms with van der Waals surface area (Å²) in [6.07, 6.45) is 5.98. The highest BCUT2D eigenvalue weighted by molar-refractivity contribution is 5.66. The molecule has 4 aliphatic carbocycles. The van der Waals surface area contributed by atoms with Gasteiger partial charge in [0.1, 0.15) is 6.10 Å². The fourth-order valence-corrected chi connectivity index (χ4v) is 8.19. The SMILES string of the molecule is C=C1[C@@H]2CC[C@H]3[C@]4(C)CCC[C@](C)(COC(C)=O)[C@H]4C[C@H](OC(C)=O)[C@]3(C2)[C@@H]1O. The third-order valence-corrected chi connectivity index (χ3v) is 9.30. The molecule has 0 aliphatic heterocycles. The van der Waals surface area contributed by atoms with Crippen molar-refractivity contribution >= 4 is 11.9 Å². The van der Waals surface area contributed by atoms with Crippen LogP contribution in [-0.4, -0.2) is 35.9 Å². The van der Waals surface area contributed by atoms with Crippen LogP contribution < -0.4 is 0 Å². The Labute approximate surface area is 174 Å². The fourth-order valence-electron chi connectivity index (χ4n) is 8.19. The fraction of sp³-hybridized carbons (Fsp3) is 0.833. The molecular weight excluding hydrogens is 368 g/mol. The number of aliphatic hydroxyl groups excluding tert-OH is 1. The van der Waals surface area contributed by atoms with Gasteiger partial charge in [0.2, 0.25) is 0 Å². The smallest absolute Gasteiger partial charge is 0.302 e. The van der Waals surface area contributed by atoms with Crippen LogP contribution in [-0.2, 0) is 19.1 Å². The Bertz CT molecular complexity index is 731. The number of hydrogen-bond acceptors (Lipinski definition) is 5. The summed E-state index contributed by atoms with van der Waals surface area (Å²) in [6, 6.07) is 0. The summed E-state index contributed by atoms with van der Waals surface area (Å²) in [6.45, 7) is 12.2. The van der Waals surface area contributed by atoms with Crippen LogP contribution in [0.3, 0.4) is 0 Å². The van der Waals surface area contributed by atoms with Gasteiger partial charge in [-0.15, -0.1) is 0 Å². The number of aliphatic hydroxyl groups is 1. The molecule has 0 radical (unpaired) electrons. The van der Waals surface area contributed by atoms with Crippen molar-refractivity contribution in [3.8, 4) is 0 Å². The Hall–Kier alpha value is -1.36. The molecule has 4 rings (SSSR count). The van der Waals surface area contributed by atoms with E-state index >= 15 is 0 Å². The number of hydrogen-bond donors (Lipinski definition) is 1. The molecule has 0 amide bonds. The molecule has 29 heavy (non-hydrogen) atoms. The lowest BCUT2D eigenvalue weighted by atomic mass is 9.40. The number of rotatable bonds is 3. The quantitative estimate of drug-likeness (QED) is 0.568. The van der Waals surface area contributed by atoms with Crippen molar-refractivity contribution in [3.63, 3.8) is 0 Å². The Balaban J connectivity index is 1.78. The molecule has 4 fully saturated rings. The second-order valence-corrected chi connectivity index (χ2v) is 10.8. The van der Waals surface area contributed by atoms with Gasteiger partial charge in [0.15, 0.2) is 0 Å². The zero-order valence-electron chi connectivity index (χ0n) is 18.3. The standard InChI is InChI=1S/C24H36O5/c1-14-17-7-8-18-23(5)10-6-9-22(4,13-28-15(2)25)19(23)11-20(29-16(3)26)24(18,12-17)21(14)27/h17-21,27H,1,6-13H2,2-5H3/t17-,18+,19-,20+,21-,22-,23+,24-/m1/s1. The van der Waals surface area contributed by atoms with E-state index in [1.807, 2.05) is 0 Å². The predicted octanol–water partition coefficient (Wildman–Crippen LogP) is 4.03. The monoisotopic (exact) mass is 404 g/mol. The molecular formula is C24H36O5. The van der Waals surface area contributed by atoms with Crippen molar-refractivity contribution in [1.29, 1.82) is 0 Å². The second kappa shape index (κ2) is 6.83. The maximum absolute atomic E-state index is 12.1. The van der Waals surface area contributed by atoms with Gasteiger partial charge in [-0.3, -0.25) is 9.59 Å². The van der Waals surface area contributed by atoms with Gasteiger partial charge < -0.3 is 14.6 Å². The first-order valence-corrected chi connectivity index (χ1v) is 11.2. The first kappa shape index (κ1) is 20.9. The van der Waals surface area contributed by atoms with Gasteiger partial charge in [-0.1, -0.05) is 26.8 Å². The molecule has 4 saturated carbocycles. The second-order valence-electron chi connectivity index (χ2n) is 10.8. The Morgan fingerprint density at radius 2 is 1.86 bits per heavy atom. The largest absolute Gasteiger partial charge is 0.465 e. The molecule has 4 aliphatic rings. The minimum atomic E-state index is -0.608. The number of fused-ring (bicyclic) bond motifs is 3. The summed E-state index contributed by atoms with van der Waals surface area (Å²) in [5, 5.41) is 11.4. The van der Waals surface area contributed by atoms with Crippen LogP contribution in [0, 0.1) is 34.0 Å². The van der Waals surface area contributed by atoms with E-state index in [-0.39, 0.29) is 40.7 Å². The van der Waals surface area contributed by atoms with Gasteiger partial charge in [0.25, 0.3) is 0 Å². The molecule has 162 valence electrons.